The molecule has 2 aliphatic carbocycles. The van der Waals surface area contributed by atoms with E-state index in [0.29, 0.717) is 18.8 Å². The van der Waals surface area contributed by atoms with Crippen molar-refractivity contribution in [3.63, 3.8) is 0 Å². The summed E-state index contributed by atoms with van der Waals surface area (Å²) in [5.41, 5.74) is 1.36. The standard InChI is InChI=1S/C24H23N3O3/c1-28-19-11-9-18(10-12-19)23-21-4-2-3-20(21)22(26-27-23,24(23)29-13-14-30-24)17-7-5-16(15-25)6-8-17/h5-12,20-21H,2-4,13-14H2,1H3. The van der Waals surface area contributed by atoms with E-state index in [4.69, 9.17) is 24.4 Å². The van der Waals surface area contributed by atoms with Crippen LogP contribution in [0.5, 0.6) is 5.75 Å². The molecule has 1 spiro atoms. The van der Waals surface area contributed by atoms with Crippen molar-refractivity contribution in [1.29, 1.82) is 5.26 Å². The first-order valence-corrected chi connectivity index (χ1v) is 10.6. The van der Waals surface area contributed by atoms with Gasteiger partial charge in [-0.3, -0.25) is 0 Å². The molecule has 2 saturated carbocycles. The molecule has 0 radical (unpaired) electrons. The fourth-order valence-electron chi connectivity index (χ4n) is 6.60. The van der Waals surface area contributed by atoms with Crippen LogP contribution in [0.3, 0.4) is 0 Å². The minimum absolute atomic E-state index is 0.281. The van der Waals surface area contributed by atoms with Gasteiger partial charge in [-0.05, 0) is 48.2 Å². The fraction of sp³-hybridized carbons (Fsp3) is 0.458. The van der Waals surface area contributed by atoms with E-state index in [1.165, 1.54) is 0 Å². The molecule has 2 aromatic rings. The number of azo groups is 1. The summed E-state index contributed by atoms with van der Waals surface area (Å²) in [6.07, 6.45) is 3.28. The molecular weight excluding hydrogens is 378 g/mol. The molecule has 6 heteroatoms. The van der Waals surface area contributed by atoms with Crippen molar-refractivity contribution in [1.82, 2.24) is 0 Å². The fourth-order valence-corrected chi connectivity index (χ4v) is 6.60. The zero-order valence-electron chi connectivity index (χ0n) is 16.9. The summed E-state index contributed by atoms with van der Waals surface area (Å²) in [6.45, 7) is 1.06. The third kappa shape index (κ3) is 1.86. The van der Waals surface area contributed by atoms with E-state index in [1.54, 1.807) is 7.11 Å². The van der Waals surface area contributed by atoms with Crippen molar-refractivity contribution < 1.29 is 14.2 Å². The highest BCUT2D eigenvalue weighted by atomic mass is 16.7. The van der Waals surface area contributed by atoms with E-state index in [1.807, 2.05) is 36.4 Å². The predicted octanol–water partition coefficient (Wildman–Crippen LogP) is 4.30. The molecule has 4 atom stereocenters. The Balaban J connectivity index is 1.60. The number of fused-ring (bicyclic) bond motifs is 3. The van der Waals surface area contributed by atoms with Gasteiger partial charge < -0.3 is 14.2 Å². The Morgan fingerprint density at radius 1 is 0.900 bits per heavy atom. The molecule has 4 aliphatic rings. The van der Waals surface area contributed by atoms with Gasteiger partial charge >= 0.3 is 0 Å². The van der Waals surface area contributed by atoms with Crippen LogP contribution in [0.1, 0.15) is 36.0 Å². The Morgan fingerprint density at radius 3 is 1.93 bits per heavy atom. The number of rotatable bonds is 3. The maximum Gasteiger partial charge on any atom is 0.232 e. The topological polar surface area (TPSA) is 76.2 Å². The second kappa shape index (κ2) is 6.13. The van der Waals surface area contributed by atoms with Gasteiger partial charge in [0.15, 0.2) is 11.1 Å². The summed E-state index contributed by atoms with van der Waals surface area (Å²) in [4.78, 5) is 0. The first-order chi connectivity index (χ1) is 14.7. The van der Waals surface area contributed by atoms with E-state index in [-0.39, 0.29) is 11.8 Å². The summed E-state index contributed by atoms with van der Waals surface area (Å²) in [5, 5.41) is 19.3. The molecule has 2 heterocycles. The molecule has 4 unspecified atom stereocenters. The van der Waals surface area contributed by atoms with Gasteiger partial charge in [0.2, 0.25) is 5.79 Å². The average Bonchev–Trinajstić information content (AvgIpc) is 3.57. The van der Waals surface area contributed by atoms with Crippen molar-refractivity contribution in [2.45, 2.75) is 36.1 Å². The number of nitriles is 1. The van der Waals surface area contributed by atoms with E-state index in [2.05, 4.69) is 18.2 Å². The molecule has 0 N–H and O–H groups in total. The van der Waals surface area contributed by atoms with E-state index < -0.39 is 16.9 Å². The Bertz CT molecular complexity index is 1050. The van der Waals surface area contributed by atoms with Gasteiger partial charge in [-0.15, -0.1) is 0 Å². The van der Waals surface area contributed by atoms with Gasteiger partial charge in [0, 0.05) is 11.8 Å². The second-order valence-corrected chi connectivity index (χ2v) is 8.61. The van der Waals surface area contributed by atoms with Crippen LogP contribution < -0.4 is 4.74 Å². The monoisotopic (exact) mass is 401 g/mol. The SMILES string of the molecule is COc1ccc(C23N=NC(c4ccc(C#N)cc4)(C4CCCC42)C32OCCO2)cc1. The maximum atomic E-state index is 9.26. The maximum absolute atomic E-state index is 9.26. The van der Waals surface area contributed by atoms with Gasteiger partial charge in [0.25, 0.3) is 0 Å². The largest absolute Gasteiger partial charge is 0.497 e. The minimum atomic E-state index is -0.960. The molecular formula is C24H23N3O3. The van der Waals surface area contributed by atoms with Crippen molar-refractivity contribution >= 4 is 0 Å². The lowest BCUT2D eigenvalue weighted by Crippen LogP contribution is -2.56. The van der Waals surface area contributed by atoms with E-state index in [9.17, 15) is 5.26 Å². The van der Waals surface area contributed by atoms with E-state index in [0.717, 1.165) is 36.1 Å². The Labute approximate surface area is 175 Å². The molecule has 2 bridgehead atoms. The second-order valence-electron chi connectivity index (χ2n) is 8.61. The smallest absolute Gasteiger partial charge is 0.232 e. The first-order valence-electron chi connectivity index (χ1n) is 10.6. The Hall–Kier alpha value is -2.75. The number of hydrogen-bond donors (Lipinski definition) is 0. The lowest BCUT2D eigenvalue weighted by molar-refractivity contribution is -0.222. The first kappa shape index (κ1) is 18.1. The molecule has 152 valence electrons. The van der Waals surface area contributed by atoms with Crippen molar-refractivity contribution in [3.05, 3.63) is 65.2 Å². The Morgan fingerprint density at radius 2 is 1.43 bits per heavy atom. The van der Waals surface area contributed by atoms with Crippen LogP contribution in [0.25, 0.3) is 0 Å². The molecule has 6 nitrogen and oxygen atoms in total. The molecule has 2 aromatic carbocycles. The molecule has 6 rings (SSSR count). The zero-order valence-corrected chi connectivity index (χ0v) is 16.9. The number of benzene rings is 2. The van der Waals surface area contributed by atoms with Crippen LogP contribution in [0, 0.1) is 23.2 Å². The number of methoxy groups -OCH3 is 1. The summed E-state index contributed by atoms with van der Waals surface area (Å²) in [7, 11) is 1.67. The van der Waals surface area contributed by atoms with Crippen molar-refractivity contribution in [2.75, 3.05) is 20.3 Å². The average molecular weight is 401 g/mol. The third-order valence-electron chi connectivity index (χ3n) is 7.64. The van der Waals surface area contributed by atoms with Crippen LogP contribution in [-0.4, -0.2) is 26.1 Å². The van der Waals surface area contributed by atoms with Crippen molar-refractivity contribution in [3.8, 4) is 11.8 Å². The molecule has 0 aromatic heterocycles. The van der Waals surface area contributed by atoms with Gasteiger partial charge in [-0.1, -0.05) is 30.7 Å². The number of hydrogen-bond acceptors (Lipinski definition) is 6. The predicted molar refractivity (Wildman–Crippen MR) is 108 cm³/mol. The molecule has 2 aliphatic heterocycles. The summed E-state index contributed by atoms with van der Waals surface area (Å²) < 4.78 is 18.5. The lowest BCUT2D eigenvalue weighted by atomic mass is 9.74. The lowest BCUT2D eigenvalue weighted by Gasteiger charge is -2.42. The Kier molecular flexibility index (Phi) is 3.69. The van der Waals surface area contributed by atoms with Gasteiger partial charge in [-0.2, -0.15) is 15.5 Å². The molecule has 0 amide bonds. The third-order valence-corrected chi connectivity index (χ3v) is 7.64. The van der Waals surface area contributed by atoms with Crippen LogP contribution >= 0.6 is 0 Å². The van der Waals surface area contributed by atoms with Crippen LogP contribution in [0.15, 0.2) is 58.8 Å². The normalized spacial score (nSPS) is 34.9. The quantitative estimate of drug-likeness (QED) is 0.769. The molecule has 30 heavy (non-hydrogen) atoms. The minimum Gasteiger partial charge on any atom is -0.497 e. The highest BCUT2D eigenvalue weighted by molar-refractivity contribution is 5.48. The van der Waals surface area contributed by atoms with Crippen LogP contribution in [-0.2, 0) is 20.6 Å². The highest BCUT2D eigenvalue weighted by Gasteiger charge is 2.85. The van der Waals surface area contributed by atoms with Gasteiger partial charge in [0.1, 0.15) is 5.75 Å². The van der Waals surface area contributed by atoms with E-state index >= 15 is 0 Å². The van der Waals surface area contributed by atoms with Crippen molar-refractivity contribution in [2.24, 2.45) is 22.1 Å². The zero-order chi connectivity index (χ0) is 20.4. The number of ether oxygens (including phenoxy) is 3. The van der Waals surface area contributed by atoms with Crippen LogP contribution in [0.2, 0.25) is 0 Å². The molecule has 3 fully saturated rings. The highest BCUT2D eigenvalue weighted by Crippen LogP contribution is 2.75. The number of nitrogens with zero attached hydrogens (tertiary/aromatic N) is 3. The van der Waals surface area contributed by atoms with Gasteiger partial charge in [-0.25, -0.2) is 0 Å². The molecule has 1 saturated heterocycles. The van der Waals surface area contributed by atoms with Crippen LogP contribution in [0.4, 0.5) is 0 Å². The van der Waals surface area contributed by atoms with Gasteiger partial charge in [0.05, 0.1) is 32.0 Å². The summed E-state index contributed by atoms with van der Waals surface area (Å²) >= 11 is 0. The summed E-state index contributed by atoms with van der Waals surface area (Å²) in [6, 6.07) is 18.1. The summed E-state index contributed by atoms with van der Waals surface area (Å²) in [5.74, 6) is 0.422.